The standard InChI is InChI=1S/C19H18O4/c1-12-16(19(20)21)17(13-8-10-15(22-2)11-9-13)18(23-12)14-6-4-3-5-7-14/h3-11,17-18H,1-2H3,(H,20,21). The van der Waals surface area contributed by atoms with Gasteiger partial charge in [0.25, 0.3) is 0 Å². The summed E-state index contributed by atoms with van der Waals surface area (Å²) in [5, 5.41) is 9.62. The molecule has 0 aromatic heterocycles. The lowest BCUT2D eigenvalue weighted by molar-refractivity contribution is -0.133. The van der Waals surface area contributed by atoms with Gasteiger partial charge in [-0.15, -0.1) is 0 Å². The molecule has 2 aromatic carbocycles. The number of hydrogen-bond acceptors (Lipinski definition) is 3. The summed E-state index contributed by atoms with van der Waals surface area (Å²) in [5.41, 5.74) is 2.17. The molecule has 0 aliphatic carbocycles. The van der Waals surface area contributed by atoms with Gasteiger partial charge in [-0.3, -0.25) is 0 Å². The van der Waals surface area contributed by atoms with E-state index in [0.29, 0.717) is 11.3 Å². The van der Waals surface area contributed by atoms with Crippen LogP contribution in [0.5, 0.6) is 5.75 Å². The second-order valence-corrected chi connectivity index (χ2v) is 5.47. The van der Waals surface area contributed by atoms with E-state index in [0.717, 1.165) is 16.9 Å². The molecule has 0 amide bonds. The maximum Gasteiger partial charge on any atom is 0.335 e. The van der Waals surface area contributed by atoms with Crippen molar-refractivity contribution in [1.29, 1.82) is 0 Å². The van der Waals surface area contributed by atoms with Gasteiger partial charge >= 0.3 is 5.97 Å². The minimum absolute atomic E-state index is 0.309. The second-order valence-electron chi connectivity index (χ2n) is 5.47. The van der Waals surface area contributed by atoms with Crippen LogP contribution in [0.3, 0.4) is 0 Å². The van der Waals surface area contributed by atoms with Crippen molar-refractivity contribution in [2.75, 3.05) is 7.11 Å². The molecule has 0 spiro atoms. The van der Waals surface area contributed by atoms with Crippen LogP contribution in [0, 0.1) is 0 Å². The number of methoxy groups -OCH3 is 1. The van der Waals surface area contributed by atoms with Gasteiger partial charge in [0.05, 0.1) is 18.6 Å². The van der Waals surface area contributed by atoms with Crippen molar-refractivity contribution in [3.63, 3.8) is 0 Å². The minimum atomic E-state index is -0.943. The van der Waals surface area contributed by atoms with E-state index in [1.165, 1.54) is 0 Å². The molecule has 4 heteroatoms. The molecule has 0 bridgehead atoms. The average Bonchev–Trinajstić information content (AvgIpc) is 2.93. The predicted molar refractivity (Wildman–Crippen MR) is 86.3 cm³/mol. The third-order valence-corrected chi connectivity index (χ3v) is 4.13. The van der Waals surface area contributed by atoms with Gasteiger partial charge in [0.15, 0.2) is 0 Å². The van der Waals surface area contributed by atoms with Crippen molar-refractivity contribution in [2.24, 2.45) is 0 Å². The van der Waals surface area contributed by atoms with Crippen LogP contribution < -0.4 is 4.74 Å². The van der Waals surface area contributed by atoms with Crippen LogP contribution in [0.25, 0.3) is 0 Å². The summed E-state index contributed by atoms with van der Waals surface area (Å²) in [6, 6.07) is 17.2. The first-order valence-electron chi connectivity index (χ1n) is 7.41. The Balaban J connectivity index is 2.06. The van der Waals surface area contributed by atoms with Gasteiger partial charge in [-0.1, -0.05) is 42.5 Å². The molecule has 1 aliphatic heterocycles. The molecule has 0 fully saturated rings. The monoisotopic (exact) mass is 310 g/mol. The largest absolute Gasteiger partial charge is 0.497 e. The Morgan fingerprint density at radius 1 is 1.04 bits per heavy atom. The summed E-state index contributed by atoms with van der Waals surface area (Å²) < 4.78 is 11.1. The van der Waals surface area contributed by atoms with E-state index in [2.05, 4.69) is 0 Å². The van der Waals surface area contributed by atoms with E-state index >= 15 is 0 Å². The highest BCUT2D eigenvalue weighted by Crippen LogP contribution is 2.47. The molecule has 118 valence electrons. The normalized spacial score (nSPS) is 20.3. The topological polar surface area (TPSA) is 55.8 Å². The lowest BCUT2D eigenvalue weighted by Gasteiger charge is -2.21. The summed E-state index contributed by atoms with van der Waals surface area (Å²) in [7, 11) is 1.60. The Hall–Kier alpha value is -2.75. The molecule has 3 rings (SSSR count). The van der Waals surface area contributed by atoms with Gasteiger partial charge < -0.3 is 14.6 Å². The fraction of sp³-hybridized carbons (Fsp3) is 0.211. The number of aliphatic carboxylic acids is 1. The van der Waals surface area contributed by atoms with E-state index < -0.39 is 5.97 Å². The van der Waals surface area contributed by atoms with Crippen molar-refractivity contribution >= 4 is 5.97 Å². The van der Waals surface area contributed by atoms with Gasteiger partial charge in [-0.05, 0) is 30.2 Å². The van der Waals surface area contributed by atoms with E-state index in [1.54, 1.807) is 14.0 Å². The number of carboxylic acid groups (broad SMARTS) is 1. The summed E-state index contributed by atoms with van der Waals surface area (Å²) in [6.07, 6.45) is -0.337. The molecule has 0 radical (unpaired) electrons. The Kier molecular flexibility index (Phi) is 4.06. The fourth-order valence-corrected chi connectivity index (χ4v) is 3.03. The number of allylic oxidation sites excluding steroid dienone is 1. The maximum atomic E-state index is 11.7. The summed E-state index contributed by atoms with van der Waals surface area (Å²) in [6.45, 7) is 1.71. The zero-order valence-electron chi connectivity index (χ0n) is 13.0. The quantitative estimate of drug-likeness (QED) is 0.930. The molecule has 2 unspecified atom stereocenters. The first kappa shape index (κ1) is 15.2. The molecule has 1 N–H and O–H groups in total. The van der Waals surface area contributed by atoms with E-state index in [4.69, 9.17) is 9.47 Å². The summed E-state index contributed by atoms with van der Waals surface area (Å²) >= 11 is 0. The Morgan fingerprint density at radius 2 is 1.70 bits per heavy atom. The zero-order chi connectivity index (χ0) is 16.4. The molecule has 1 heterocycles. The zero-order valence-corrected chi connectivity index (χ0v) is 13.0. The highest BCUT2D eigenvalue weighted by molar-refractivity contribution is 5.90. The molecule has 1 aliphatic rings. The SMILES string of the molecule is COc1ccc(C2C(C(=O)O)=C(C)OC2c2ccccc2)cc1. The number of carbonyl (C=O) groups is 1. The number of rotatable bonds is 4. The molecule has 0 saturated heterocycles. The first-order chi connectivity index (χ1) is 11.1. The first-order valence-corrected chi connectivity index (χ1v) is 7.41. The molecule has 2 aromatic rings. The molecular weight excluding hydrogens is 292 g/mol. The van der Waals surface area contributed by atoms with E-state index in [1.807, 2.05) is 54.6 Å². The highest BCUT2D eigenvalue weighted by Gasteiger charge is 2.40. The average molecular weight is 310 g/mol. The maximum absolute atomic E-state index is 11.7. The molecule has 4 nitrogen and oxygen atoms in total. The molecule has 0 saturated carbocycles. The van der Waals surface area contributed by atoms with Crippen LogP contribution in [-0.4, -0.2) is 18.2 Å². The third kappa shape index (κ3) is 2.80. The lowest BCUT2D eigenvalue weighted by Crippen LogP contribution is -2.14. The summed E-state index contributed by atoms with van der Waals surface area (Å²) in [5.74, 6) is -0.0868. The van der Waals surface area contributed by atoms with Crippen molar-refractivity contribution < 1.29 is 19.4 Å². The van der Waals surface area contributed by atoms with Gasteiger partial charge in [-0.2, -0.15) is 0 Å². The van der Waals surface area contributed by atoms with Crippen LogP contribution >= 0.6 is 0 Å². The van der Waals surface area contributed by atoms with Crippen LogP contribution in [0.2, 0.25) is 0 Å². The minimum Gasteiger partial charge on any atom is -0.497 e. The third-order valence-electron chi connectivity index (χ3n) is 4.13. The fourth-order valence-electron chi connectivity index (χ4n) is 3.03. The van der Waals surface area contributed by atoms with Gasteiger partial charge in [0.2, 0.25) is 0 Å². The number of ether oxygens (including phenoxy) is 2. The number of carboxylic acids is 1. The van der Waals surface area contributed by atoms with E-state index in [9.17, 15) is 9.90 Å². The molecular formula is C19H18O4. The van der Waals surface area contributed by atoms with Crippen LogP contribution in [-0.2, 0) is 9.53 Å². The Labute approximate surface area is 135 Å². The van der Waals surface area contributed by atoms with Gasteiger partial charge in [-0.25, -0.2) is 4.79 Å². The Bertz CT molecular complexity index is 732. The summed E-state index contributed by atoms with van der Waals surface area (Å²) in [4.78, 5) is 11.7. The van der Waals surface area contributed by atoms with Crippen LogP contribution in [0.1, 0.15) is 30.1 Å². The highest BCUT2D eigenvalue weighted by atomic mass is 16.5. The molecule has 23 heavy (non-hydrogen) atoms. The van der Waals surface area contributed by atoms with E-state index in [-0.39, 0.29) is 12.0 Å². The van der Waals surface area contributed by atoms with Crippen LogP contribution in [0.4, 0.5) is 0 Å². The van der Waals surface area contributed by atoms with Crippen LogP contribution in [0.15, 0.2) is 65.9 Å². The number of hydrogen-bond donors (Lipinski definition) is 1. The number of benzene rings is 2. The van der Waals surface area contributed by atoms with Crippen molar-refractivity contribution in [3.8, 4) is 5.75 Å². The van der Waals surface area contributed by atoms with Gasteiger partial charge in [0, 0.05) is 0 Å². The Morgan fingerprint density at radius 3 is 2.26 bits per heavy atom. The van der Waals surface area contributed by atoms with Gasteiger partial charge in [0.1, 0.15) is 17.6 Å². The molecule has 2 atom stereocenters. The van der Waals surface area contributed by atoms with Crippen molar-refractivity contribution in [3.05, 3.63) is 77.1 Å². The predicted octanol–water partition coefficient (Wildman–Crippen LogP) is 3.91. The van der Waals surface area contributed by atoms with Crippen molar-refractivity contribution in [2.45, 2.75) is 18.9 Å². The smallest absolute Gasteiger partial charge is 0.335 e. The lowest BCUT2D eigenvalue weighted by atomic mass is 9.84. The second kappa shape index (κ2) is 6.16. The van der Waals surface area contributed by atoms with Crippen molar-refractivity contribution in [1.82, 2.24) is 0 Å².